The Bertz CT molecular complexity index is 959. The third kappa shape index (κ3) is 4.63. The second-order valence-electron chi connectivity index (χ2n) is 5.92. The number of thiocarbonyl (C=S) groups is 1. The summed E-state index contributed by atoms with van der Waals surface area (Å²) in [6, 6.07) is 14.3. The van der Waals surface area contributed by atoms with Gasteiger partial charge in [-0.2, -0.15) is 0 Å². The number of halogens is 1. The number of carboxylic acids is 1. The van der Waals surface area contributed by atoms with Gasteiger partial charge >= 0.3 is 5.97 Å². The maximum atomic E-state index is 12.8. The molecule has 1 N–H and O–H groups in total. The molecule has 1 aliphatic rings. The van der Waals surface area contributed by atoms with E-state index < -0.39 is 12.1 Å². The molecule has 3 rings (SSSR count). The zero-order valence-corrected chi connectivity index (χ0v) is 18.0. The van der Waals surface area contributed by atoms with Crippen LogP contribution in [0.3, 0.4) is 0 Å². The average Bonchev–Trinajstić information content (AvgIpc) is 2.94. The van der Waals surface area contributed by atoms with Gasteiger partial charge in [-0.15, -0.1) is 0 Å². The Morgan fingerprint density at radius 1 is 1.32 bits per heavy atom. The number of aliphatic carboxylic acids is 1. The van der Waals surface area contributed by atoms with Gasteiger partial charge in [0.05, 0.1) is 10.6 Å². The minimum atomic E-state index is -0.997. The molecule has 0 spiro atoms. The van der Waals surface area contributed by atoms with Gasteiger partial charge in [-0.3, -0.25) is 9.69 Å². The quantitative estimate of drug-likeness (QED) is 0.461. The van der Waals surface area contributed by atoms with Gasteiger partial charge in [-0.05, 0) is 48.4 Å². The van der Waals surface area contributed by atoms with E-state index in [-0.39, 0.29) is 5.91 Å². The molecule has 144 valence electrons. The number of nitrogens with zero attached hydrogens (tertiary/aromatic N) is 1. The summed E-state index contributed by atoms with van der Waals surface area (Å²) in [5.41, 5.74) is 1.51. The van der Waals surface area contributed by atoms with Crippen LogP contribution in [0.25, 0.3) is 6.08 Å². The summed E-state index contributed by atoms with van der Waals surface area (Å²) in [7, 11) is 0. The van der Waals surface area contributed by atoms with Gasteiger partial charge in [-0.1, -0.05) is 65.0 Å². The molecule has 1 aliphatic heterocycles. The van der Waals surface area contributed by atoms with Crippen molar-refractivity contribution < 1.29 is 19.4 Å². The summed E-state index contributed by atoms with van der Waals surface area (Å²) in [6.45, 7) is 1.75. The Labute approximate surface area is 180 Å². The Balaban J connectivity index is 1.77. The number of anilines is 1. The first-order valence-corrected chi connectivity index (χ1v) is 10.4. The fourth-order valence-corrected chi connectivity index (χ4v) is 4.26. The highest BCUT2D eigenvalue weighted by molar-refractivity contribution is 9.10. The fraction of sp³-hybridized carbons (Fsp3) is 0.150. The predicted molar refractivity (Wildman–Crippen MR) is 119 cm³/mol. The molecule has 2 aromatic rings. The van der Waals surface area contributed by atoms with Crippen LogP contribution in [0, 0.1) is 0 Å². The first kappa shape index (κ1) is 20.6. The van der Waals surface area contributed by atoms with Gasteiger partial charge in [0.1, 0.15) is 5.75 Å². The summed E-state index contributed by atoms with van der Waals surface area (Å²) in [4.78, 5) is 25.9. The van der Waals surface area contributed by atoms with E-state index in [1.165, 1.54) is 16.7 Å². The number of ether oxygens (including phenoxy) is 1. The van der Waals surface area contributed by atoms with Crippen LogP contribution in [0.1, 0.15) is 18.9 Å². The number of hydrogen-bond acceptors (Lipinski definition) is 5. The van der Waals surface area contributed by atoms with Crippen LogP contribution >= 0.6 is 39.9 Å². The van der Waals surface area contributed by atoms with Crippen molar-refractivity contribution in [1.82, 2.24) is 0 Å². The molecule has 8 heteroatoms. The minimum Gasteiger partial charge on any atom is -0.479 e. The fourth-order valence-electron chi connectivity index (χ4n) is 2.57. The topological polar surface area (TPSA) is 66.8 Å². The second kappa shape index (κ2) is 8.89. The maximum Gasteiger partial charge on any atom is 0.344 e. The van der Waals surface area contributed by atoms with E-state index in [1.807, 2.05) is 24.3 Å². The Hall–Kier alpha value is -2.16. The molecule has 0 saturated carbocycles. The SMILES string of the molecule is CCC(Oc1ccc(/C=C2/SC(=S)N(c3cccc(Br)c3)C2=O)cc1)C(=O)O. The molecule has 1 unspecified atom stereocenters. The molecule has 1 amide bonds. The van der Waals surface area contributed by atoms with Crippen LogP contribution in [0.15, 0.2) is 57.9 Å². The molecular weight excluding hydrogens is 462 g/mol. The lowest BCUT2D eigenvalue weighted by Gasteiger charge is -2.14. The molecule has 5 nitrogen and oxygen atoms in total. The maximum absolute atomic E-state index is 12.8. The van der Waals surface area contributed by atoms with Crippen molar-refractivity contribution in [2.45, 2.75) is 19.4 Å². The number of carboxylic acid groups (broad SMARTS) is 1. The van der Waals surface area contributed by atoms with Crippen molar-refractivity contribution in [3.8, 4) is 5.75 Å². The highest BCUT2D eigenvalue weighted by Gasteiger charge is 2.33. The monoisotopic (exact) mass is 477 g/mol. The smallest absolute Gasteiger partial charge is 0.344 e. The van der Waals surface area contributed by atoms with E-state index in [1.54, 1.807) is 37.3 Å². The molecule has 1 atom stereocenters. The van der Waals surface area contributed by atoms with Gasteiger partial charge < -0.3 is 9.84 Å². The lowest BCUT2D eigenvalue weighted by molar-refractivity contribution is -0.145. The number of hydrogen-bond donors (Lipinski definition) is 1. The highest BCUT2D eigenvalue weighted by atomic mass is 79.9. The van der Waals surface area contributed by atoms with Gasteiger partial charge in [0, 0.05) is 4.47 Å². The first-order valence-electron chi connectivity index (χ1n) is 8.42. The number of carbonyl (C=O) groups is 2. The van der Waals surface area contributed by atoms with E-state index in [4.69, 9.17) is 22.1 Å². The van der Waals surface area contributed by atoms with Crippen molar-refractivity contribution in [1.29, 1.82) is 0 Å². The molecule has 0 aromatic heterocycles. The molecule has 28 heavy (non-hydrogen) atoms. The minimum absolute atomic E-state index is 0.176. The normalized spacial score (nSPS) is 16.5. The Morgan fingerprint density at radius 2 is 2.04 bits per heavy atom. The second-order valence-corrected chi connectivity index (χ2v) is 8.51. The summed E-state index contributed by atoms with van der Waals surface area (Å²) >= 11 is 10.0. The van der Waals surface area contributed by atoms with Crippen LogP contribution in [0.2, 0.25) is 0 Å². The molecule has 1 heterocycles. The Kier molecular flexibility index (Phi) is 6.53. The molecule has 1 saturated heterocycles. The predicted octanol–water partition coefficient (Wildman–Crippen LogP) is 5.10. The first-order chi connectivity index (χ1) is 13.4. The zero-order chi connectivity index (χ0) is 20.3. The molecule has 2 aromatic carbocycles. The van der Waals surface area contributed by atoms with Gasteiger partial charge in [0.2, 0.25) is 0 Å². The van der Waals surface area contributed by atoms with E-state index in [9.17, 15) is 9.59 Å². The van der Waals surface area contributed by atoms with E-state index in [0.717, 1.165) is 10.0 Å². The number of benzene rings is 2. The molecule has 1 fully saturated rings. The zero-order valence-electron chi connectivity index (χ0n) is 14.8. The van der Waals surface area contributed by atoms with Crippen LogP contribution in [-0.2, 0) is 9.59 Å². The van der Waals surface area contributed by atoms with Crippen LogP contribution in [0.5, 0.6) is 5.75 Å². The molecule has 0 bridgehead atoms. The van der Waals surface area contributed by atoms with Crippen molar-refractivity contribution in [3.63, 3.8) is 0 Å². The third-order valence-corrected chi connectivity index (χ3v) is 5.76. The summed E-state index contributed by atoms with van der Waals surface area (Å²) < 4.78 is 6.79. The van der Waals surface area contributed by atoms with Gasteiger partial charge in [-0.25, -0.2) is 4.79 Å². The van der Waals surface area contributed by atoms with Gasteiger partial charge in [0.25, 0.3) is 5.91 Å². The van der Waals surface area contributed by atoms with Crippen molar-refractivity contribution in [2.75, 3.05) is 4.90 Å². The third-order valence-electron chi connectivity index (χ3n) is 3.96. The molecular formula is C20H16BrNO4S2. The number of rotatable bonds is 6. The van der Waals surface area contributed by atoms with Crippen LogP contribution in [0.4, 0.5) is 5.69 Å². The van der Waals surface area contributed by atoms with Gasteiger partial charge in [0.15, 0.2) is 10.4 Å². The average molecular weight is 478 g/mol. The van der Waals surface area contributed by atoms with Crippen molar-refractivity contribution in [3.05, 3.63) is 63.5 Å². The largest absolute Gasteiger partial charge is 0.479 e. The van der Waals surface area contributed by atoms with Crippen molar-refractivity contribution >= 4 is 67.9 Å². The highest BCUT2D eigenvalue weighted by Crippen LogP contribution is 2.36. The summed E-state index contributed by atoms with van der Waals surface area (Å²) in [6.07, 6.45) is 1.25. The number of thioether (sulfide) groups is 1. The lowest BCUT2D eigenvalue weighted by Crippen LogP contribution is -2.27. The number of amides is 1. The Morgan fingerprint density at radius 3 is 2.64 bits per heavy atom. The van der Waals surface area contributed by atoms with Crippen LogP contribution in [-0.4, -0.2) is 27.4 Å². The number of carbonyl (C=O) groups excluding carboxylic acids is 1. The standard InChI is InChI=1S/C20H16BrNO4S2/c1-2-16(19(24)25)26-15-8-6-12(7-9-15)10-17-18(23)22(20(27)28-17)14-5-3-4-13(21)11-14/h3-11,16H,2H2,1H3,(H,24,25)/b17-10+. The van der Waals surface area contributed by atoms with E-state index >= 15 is 0 Å². The summed E-state index contributed by atoms with van der Waals surface area (Å²) in [5.74, 6) is -0.707. The summed E-state index contributed by atoms with van der Waals surface area (Å²) in [5, 5.41) is 9.07. The van der Waals surface area contributed by atoms with Crippen LogP contribution < -0.4 is 9.64 Å². The molecule has 0 radical (unpaired) electrons. The van der Waals surface area contributed by atoms with E-state index in [0.29, 0.717) is 27.1 Å². The molecule has 0 aliphatic carbocycles. The van der Waals surface area contributed by atoms with Crippen molar-refractivity contribution in [2.24, 2.45) is 0 Å². The lowest BCUT2D eigenvalue weighted by atomic mass is 10.2. The van der Waals surface area contributed by atoms with E-state index in [2.05, 4.69) is 15.9 Å².